The van der Waals surface area contributed by atoms with Crippen LogP contribution in [0, 0.1) is 0 Å². The van der Waals surface area contributed by atoms with Gasteiger partial charge in [-0.1, -0.05) is 36.4 Å². The number of hydrogen-bond acceptors (Lipinski definition) is 3. The van der Waals surface area contributed by atoms with Crippen molar-refractivity contribution in [2.45, 2.75) is 43.7 Å². The van der Waals surface area contributed by atoms with E-state index in [0.717, 1.165) is 18.4 Å². The largest absolute Gasteiger partial charge is 0.332 e. The summed E-state index contributed by atoms with van der Waals surface area (Å²) < 4.78 is 27.3. The summed E-state index contributed by atoms with van der Waals surface area (Å²) in [5.74, 6) is -0.127. The topological polar surface area (TPSA) is 66.5 Å². The van der Waals surface area contributed by atoms with Crippen LogP contribution in [0.3, 0.4) is 0 Å². The SMILES string of the molecule is CC(C)NS(=O)(=O)c1cccc(C(=O)N2CCCC2c2ccccc2)c1. The number of hydrogen-bond donors (Lipinski definition) is 1. The van der Waals surface area contributed by atoms with Crippen molar-refractivity contribution in [1.29, 1.82) is 0 Å². The standard InChI is InChI=1S/C20H24N2O3S/c1-15(2)21-26(24,25)18-11-6-10-17(14-18)20(23)22-13-7-12-19(22)16-8-4-3-5-9-16/h3-6,8-11,14-15,19,21H,7,12-13H2,1-2H3. The van der Waals surface area contributed by atoms with Crippen LogP contribution in [0.1, 0.15) is 48.7 Å². The second-order valence-corrected chi connectivity index (χ2v) is 8.59. The molecule has 1 aliphatic heterocycles. The Morgan fingerprint density at radius 2 is 1.85 bits per heavy atom. The summed E-state index contributed by atoms with van der Waals surface area (Å²) in [6.45, 7) is 4.21. The Balaban J connectivity index is 1.87. The molecule has 0 aliphatic carbocycles. The van der Waals surface area contributed by atoms with Crippen molar-refractivity contribution in [3.63, 3.8) is 0 Å². The van der Waals surface area contributed by atoms with E-state index in [1.54, 1.807) is 26.0 Å². The average Bonchev–Trinajstić information content (AvgIpc) is 3.10. The third-order valence-electron chi connectivity index (χ3n) is 4.48. The fourth-order valence-electron chi connectivity index (χ4n) is 3.37. The van der Waals surface area contributed by atoms with Gasteiger partial charge in [0.2, 0.25) is 10.0 Å². The van der Waals surface area contributed by atoms with Crippen LogP contribution < -0.4 is 4.72 Å². The molecule has 138 valence electrons. The lowest BCUT2D eigenvalue weighted by atomic mass is 10.0. The second kappa shape index (κ2) is 7.60. The van der Waals surface area contributed by atoms with Gasteiger partial charge < -0.3 is 4.90 Å². The van der Waals surface area contributed by atoms with Crippen molar-refractivity contribution in [3.05, 3.63) is 65.7 Å². The smallest absolute Gasteiger partial charge is 0.254 e. The molecule has 1 unspecified atom stereocenters. The molecule has 1 amide bonds. The Bertz CT molecular complexity index is 879. The molecule has 1 heterocycles. The zero-order valence-electron chi connectivity index (χ0n) is 15.1. The highest BCUT2D eigenvalue weighted by molar-refractivity contribution is 7.89. The molecule has 6 heteroatoms. The van der Waals surface area contributed by atoms with E-state index in [4.69, 9.17) is 0 Å². The molecule has 1 N–H and O–H groups in total. The van der Waals surface area contributed by atoms with E-state index in [9.17, 15) is 13.2 Å². The molecule has 2 aromatic rings. The van der Waals surface area contributed by atoms with Gasteiger partial charge >= 0.3 is 0 Å². The Morgan fingerprint density at radius 3 is 2.54 bits per heavy atom. The first-order valence-corrected chi connectivity index (χ1v) is 10.3. The Kier molecular flexibility index (Phi) is 5.44. The van der Waals surface area contributed by atoms with E-state index in [-0.39, 0.29) is 22.9 Å². The molecule has 5 nitrogen and oxygen atoms in total. The predicted octanol–water partition coefficient (Wildman–Crippen LogP) is 3.35. The number of nitrogens with one attached hydrogen (secondary N) is 1. The van der Waals surface area contributed by atoms with Crippen molar-refractivity contribution < 1.29 is 13.2 Å². The van der Waals surface area contributed by atoms with Crippen LogP contribution in [0.5, 0.6) is 0 Å². The van der Waals surface area contributed by atoms with Crippen molar-refractivity contribution in [2.24, 2.45) is 0 Å². The fraction of sp³-hybridized carbons (Fsp3) is 0.350. The van der Waals surface area contributed by atoms with Crippen molar-refractivity contribution in [3.8, 4) is 0 Å². The Labute approximate surface area is 155 Å². The zero-order chi connectivity index (χ0) is 18.7. The third-order valence-corrected chi connectivity index (χ3v) is 6.14. The number of carbonyl (C=O) groups excluding carboxylic acids is 1. The van der Waals surface area contributed by atoms with E-state index >= 15 is 0 Å². The van der Waals surface area contributed by atoms with Gasteiger partial charge in [-0.25, -0.2) is 13.1 Å². The Morgan fingerprint density at radius 1 is 1.12 bits per heavy atom. The van der Waals surface area contributed by atoms with Crippen molar-refractivity contribution in [2.75, 3.05) is 6.54 Å². The molecular formula is C20H24N2O3S. The molecule has 2 aromatic carbocycles. The highest BCUT2D eigenvalue weighted by Gasteiger charge is 2.31. The quantitative estimate of drug-likeness (QED) is 0.875. The predicted molar refractivity (Wildman–Crippen MR) is 101 cm³/mol. The van der Waals surface area contributed by atoms with Crippen molar-refractivity contribution >= 4 is 15.9 Å². The molecule has 3 rings (SSSR count). The fourth-order valence-corrected chi connectivity index (χ4v) is 4.67. The van der Waals surface area contributed by atoms with E-state index in [1.165, 1.54) is 12.1 Å². The summed E-state index contributed by atoms with van der Waals surface area (Å²) in [5, 5.41) is 0. The van der Waals surface area contributed by atoms with Crippen LogP contribution in [-0.4, -0.2) is 31.8 Å². The van der Waals surface area contributed by atoms with E-state index in [2.05, 4.69) is 4.72 Å². The molecule has 1 atom stereocenters. The molecule has 0 aromatic heterocycles. The van der Waals surface area contributed by atoms with Crippen LogP contribution in [0.15, 0.2) is 59.5 Å². The summed E-state index contributed by atoms with van der Waals surface area (Å²) in [4.78, 5) is 15.0. The van der Waals surface area contributed by atoms with Crippen LogP contribution in [0.4, 0.5) is 0 Å². The molecule has 26 heavy (non-hydrogen) atoms. The number of rotatable bonds is 5. The summed E-state index contributed by atoms with van der Waals surface area (Å²) in [5.41, 5.74) is 1.52. The number of sulfonamides is 1. The van der Waals surface area contributed by atoms with Gasteiger partial charge in [-0.3, -0.25) is 4.79 Å². The van der Waals surface area contributed by atoms with Crippen molar-refractivity contribution in [1.82, 2.24) is 9.62 Å². The first-order chi connectivity index (χ1) is 12.4. The highest BCUT2D eigenvalue weighted by atomic mass is 32.2. The maximum atomic E-state index is 13.0. The minimum Gasteiger partial charge on any atom is -0.332 e. The summed E-state index contributed by atoms with van der Waals surface area (Å²) in [7, 11) is -3.63. The molecule has 1 saturated heterocycles. The first kappa shape index (κ1) is 18.6. The van der Waals surface area contributed by atoms with Gasteiger partial charge in [-0.05, 0) is 50.5 Å². The average molecular weight is 372 g/mol. The van der Waals surface area contributed by atoms with Crippen LogP contribution in [0.2, 0.25) is 0 Å². The minimum atomic E-state index is -3.63. The van der Waals surface area contributed by atoms with Gasteiger partial charge in [0.05, 0.1) is 10.9 Å². The van der Waals surface area contributed by atoms with Gasteiger partial charge in [0.1, 0.15) is 0 Å². The first-order valence-electron chi connectivity index (χ1n) is 8.87. The number of likely N-dealkylation sites (tertiary alicyclic amines) is 1. The van der Waals surface area contributed by atoms with E-state index in [1.807, 2.05) is 35.2 Å². The lowest BCUT2D eigenvalue weighted by Crippen LogP contribution is -2.32. The summed E-state index contributed by atoms with van der Waals surface area (Å²) >= 11 is 0. The van der Waals surface area contributed by atoms with Crippen LogP contribution >= 0.6 is 0 Å². The Hall–Kier alpha value is -2.18. The molecule has 0 saturated carbocycles. The summed E-state index contributed by atoms with van der Waals surface area (Å²) in [6, 6.07) is 16.1. The van der Waals surface area contributed by atoms with Gasteiger partial charge in [0.15, 0.2) is 0 Å². The number of nitrogens with zero attached hydrogens (tertiary/aromatic N) is 1. The molecule has 1 aliphatic rings. The zero-order valence-corrected chi connectivity index (χ0v) is 15.9. The molecule has 0 bridgehead atoms. The number of carbonyl (C=O) groups is 1. The van der Waals surface area contributed by atoms with Crippen LogP contribution in [-0.2, 0) is 10.0 Å². The van der Waals surface area contributed by atoms with Crippen LogP contribution in [0.25, 0.3) is 0 Å². The third kappa shape index (κ3) is 3.97. The molecule has 0 radical (unpaired) electrons. The number of amides is 1. The highest BCUT2D eigenvalue weighted by Crippen LogP contribution is 2.33. The van der Waals surface area contributed by atoms with Gasteiger partial charge in [-0.2, -0.15) is 0 Å². The molecule has 0 spiro atoms. The molecule has 1 fully saturated rings. The van der Waals surface area contributed by atoms with Gasteiger partial charge in [0.25, 0.3) is 5.91 Å². The monoisotopic (exact) mass is 372 g/mol. The van der Waals surface area contributed by atoms with E-state index in [0.29, 0.717) is 12.1 Å². The van der Waals surface area contributed by atoms with Gasteiger partial charge in [-0.15, -0.1) is 0 Å². The lowest BCUT2D eigenvalue weighted by Gasteiger charge is -2.25. The maximum Gasteiger partial charge on any atom is 0.254 e. The second-order valence-electron chi connectivity index (χ2n) is 6.87. The van der Waals surface area contributed by atoms with Gasteiger partial charge in [0, 0.05) is 18.2 Å². The number of benzene rings is 2. The normalized spacial score (nSPS) is 17.7. The minimum absolute atomic E-state index is 0.0396. The lowest BCUT2D eigenvalue weighted by molar-refractivity contribution is 0.0735. The maximum absolute atomic E-state index is 13.0. The van der Waals surface area contributed by atoms with E-state index < -0.39 is 10.0 Å². The summed E-state index contributed by atoms with van der Waals surface area (Å²) in [6.07, 6.45) is 1.86. The molecular weight excluding hydrogens is 348 g/mol.